The molecule has 2 N–H and O–H groups in total. The molecule has 2 aromatic heterocycles. The third-order valence-corrected chi connectivity index (χ3v) is 3.65. The van der Waals surface area contributed by atoms with Crippen LogP contribution in [-0.4, -0.2) is 4.98 Å². The van der Waals surface area contributed by atoms with Crippen LogP contribution in [0, 0.1) is 5.92 Å². The zero-order chi connectivity index (χ0) is 11.4. The largest absolute Gasteiger partial charge is 0.364 e. The normalized spacial score (nSPS) is 13.2. The highest BCUT2D eigenvalue weighted by Gasteiger charge is 2.15. The van der Waals surface area contributed by atoms with Crippen molar-refractivity contribution in [3.63, 3.8) is 0 Å². The molecule has 0 saturated carbocycles. The number of rotatable bonds is 5. The van der Waals surface area contributed by atoms with Crippen LogP contribution >= 0.6 is 11.3 Å². The molecule has 0 fully saturated rings. The smallest absolute Gasteiger partial charge is 0.0441 e. The molecule has 2 rings (SSSR count). The monoisotopic (exact) mass is 234 g/mol. The van der Waals surface area contributed by atoms with E-state index in [4.69, 9.17) is 0 Å². The summed E-state index contributed by atoms with van der Waals surface area (Å²) in [4.78, 5) is 4.64. The standard InChI is InChI=1S/C13H18N2S/c1-10(2)13(12-6-4-8-16-12)15-9-11-5-3-7-14-11/h3-8,10,13-15H,9H2,1-2H3. The Bertz CT molecular complexity index is 390. The molecule has 0 saturated heterocycles. The predicted molar refractivity (Wildman–Crippen MR) is 69.5 cm³/mol. The fraction of sp³-hybridized carbons (Fsp3) is 0.385. The van der Waals surface area contributed by atoms with E-state index in [2.05, 4.69) is 47.7 Å². The second kappa shape index (κ2) is 5.32. The molecule has 0 aromatic carbocycles. The van der Waals surface area contributed by atoms with Gasteiger partial charge in [-0.1, -0.05) is 19.9 Å². The summed E-state index contributed by atoms with van der Waals surface area (Å²) in [5, 5.41) is 5.74. The zero-order valence-electron chi connectivity index (χ0n) is 9.73. The second-order valence-electron chi connectivity index (χ2n) is 4.31. The Labute approximate surface area is 101 Å². The Balaban J connectivity index is 1.99. The van der Waals surface area contributed by atoms with Gasteiger partial charge in [-0.25, -0.2) is 0 Å². The molecule has 0 aliphatic heterocycles. The molecule has 2 nitrogen and oxygen atoms in total. The van der Waals surface area contributed by atoms with Gasteiger partial charge in [-0.15, -0.1) is 11.3 Å². The fourth-order valence-corrected chi connectivity index (χ4v) is 2.80. The van der Waals surface area contributed by atoms with Gasteiger partial charge in [0.2, 0.25) is 0 Å². The number of aromatic nitrogens is 1. The maximum absolute atomic E-state index is 3.60. The van der Waals surface area contributed by atoms with Crippen LogP contribution in [-0.2, 0) is 6.54 Å². The minimum absolute atomic E-state index is 0.448. The Morgan fingerprint density at radius 1 is 1.31 bits per heavy atom. The van der Waals surface area contributed by atoms with Crippen molar-refractivity contribution in [2.45, 2.75) is 26.4 Å². The summed E-state index contributed by atoms with van der Waals surface area (Å²) in [6.45, 7) is 5.41. The van der Waals surface area contributed by atoms with E-state index in [0.29, 0.717) is 12.0 Å². The highest BCUT2D eigenvalue weighted by atomic mass is 32.1. The van der Waals surface area contributed by atoms with Crippen molar-refractivity contribution >= 4 is 11.3 Å². The summed E-state index contributed by atoms with van der Waals surface area (Å²) in [5.41, 5.74) is 1.24. The zero-order valence-corrected chi connectivity index (χ0v) is 10.6. The van der Waals surface area contributed by atoms with Crippen molar-refractivity contribution < 1.29 is 0 Å². The van der Waals surface area contributed by atoms with E-state index in [-0.39, 0.29) is 0 Å². The molecule has 1 unspecified atom stereocenters. The quantitative estimate of drug-likeness (QED) is 0.813. The number of hydrogen-bond donors (Lipinski definition) is 2. The van der Waals surface area contributed by atoms with Crippen molar-refractivity contribution in [1.82, 2.24) is 10.3 Å². The summed E-state index contributed by atoms with van der Waals surface area (Å²) in [7, 11) is 0. The van der Waals surface area contributed by atoms with Gasteiger partial charge in [-0.2, -0.15) is 0 Å². The third kappa shape index (κ3) is 2.74. The highest BCUT2D eigenvalue weighted by Crippen LogP contribution is 2.25. The first-order valence-electron chi connectivity index (χ1n) is 5.66. The highest BCUT2D eigenvalue weighted by molar-refractivity contribution is 7.10. The van der Waals surface area contributed by atoms with Crippen LogP contribution < -0.4 is 5.32 Å². The summed E-state index contributed by atoms with van der Waals surface area (Å²) in [6.07, 6.45) is 1.96. The predicted octanol–water partition coefficient (Wildman–Crippen LogP) is 3.56. The molecule has 2 heterocycles. The average molecular weight is 234 g/mol. The topological polar surface area (TPSA) is 27.8 Å². The van der Waals surface area contributed by atoms with Gasteiger partial charge in [0, 0.05) is 29.4 Å². The summed E-state index contributed by atoms with van der Waals surface area (Å²) in [5.74, 6) is 0.605. The minimum atomic E-state index is 0.448. The molecule has 0 amide bonds. The van der Waals surface area contributed by atoms with E-state index in [9.17, 15) is 0 Å². The van der Waals surface area contributed by atoms with E-state index in [1.165, 1.54) is 10.6 Å². The van der Waals surface area contributed by atoms with Crippen molar-refractivity contribution in [2.75, 3.05) is 0 Å². The molecule has 3 heteroatoms. The molecule has 0 bridgehead atoms. The Kier molecular flexibility index (Phi) is 3.80. The van der Waals surface area contributed by atoms with Gasteiger partial charge in [-0.3, -0.25) is 0 Å². The van der Waals surface area contributed by atoms with E-state index >= 15 is 0 Å². The first-order chi connectivity index (χ1) is 7.77. The Morgan fingerprint density at radius 3 is 2.75 bits per heavy atom. The van der Waals surface area contributed by atoms with Crippen molar-refractivity contribution in [1.29, 1.82) is 0 Å². The lowest BCUT2D eigenvalue weighted by Crippen LogP contribution is -2.24. The fourth-order valence-electron chi connectivity index (χ4n) is 1.83. The maximum Gasteiger partial charge on any atom is 0.0441 e. The molecule has 0 radical (unpaired) electrons. The average Bonchev–Trinajstić information content (AvgIpc) is 2.88. The van der Waals surface area contributed by atoms with Crippen LogP contribution in [0.5, 0.6) is 0 Å². The summed E-state index contributed by atoms with van der Waals surface area (Å²) >= 11 is 1.82. The molecule has 0 spiro atoms. The van der Waals surface area contributed by atoms with Crippen LogP contribution in [0.25, 0.3) is 0 Å². The second-order valence-corrected chi connectivity index (χ2v) is 5.29. The Hall–Kier alpha value is -1.06. The van der Waals surface area contributed by atoms with E-state index in [1.54, 1.807) is 0 Å². The van der Waals surface area contributed by atoms with Gasteiger partial charge in [0.15, 0.2) is 0 Å². The number of hydrogen-bond acceptors (Lipinski definition) is 2. The lowest BCUT2D eigenvalue weighted by atomic mass is 10.0. The number of aromatic amines is 1. The summed E-state index contributed by atoms with van der Waals surface area (Å²) in [6, 6.07) is 8.91. The van der Waals surface area contributed by atoms with E-state index in [1.807, 2.05) is 23.6 Å². The number of H-pyrrole nitrogens is 1. The van der Waals surface area contributed by atoms with Gasteiger partial charge in [0.25, 0.3) is 0 Å². The van der Waals surface area contributed by atoms with Crippen LogP contribution in [0.2, 0.25) is 0 Å². The third-order valence-electron chi connectivity index (χ3n) is 2.69. The number of nitrogens with one attached hydrogen (secondary N) is 2. The first kappa shape index (κ1) is 11.4. The molecular formula is C13H18N2S. The molecule has 86 valence electrons. The maximum atomic E-state index is 3.60. The van der Waals surface area contributed by atoms with Gasteiger partial charge < -0.3 is 10.3 Å². The van der Waals surface area contributed by atoms with E-state index < -0.39 is 0 Å². The van der Waals surface area contributed by atoms with Crippen molar-refractivity contribution in [2.24, 2.45) is 5.92 Å². The van der Waals surface area contributed by atoms with Crippen LogP contribution in [0.1, 0.15) is 30.5 Å². The number of thiophene rings is 1. The lowest BCUT2D eigenvalue weighted by molar-refractivity contribution is 0.414. The van der Waals surface area contributed by atoms with Crippen molar-refractivity contribution in [3.05, 3.63) is 46.4 Å². The molecule has 0 aliphatic carbocycles. The Morgan fingerprint density at radius 2 is 2.19 bits per heavy atom. The van der Waals surface area contributed by atoms with E-state index in [0.717, 1.165) is 6.54 Å². The molecule has 16 heavy (non-hydrogen) atoms. The molecule has 1 atom stereocenters. The van der Waals surface area contributed by atoms with Gasteiger partial charge in [0.05, 0.1) is 0 Å². The van der Waals surface area contributed by atoms with Crippen LogP contribution in [0.3, 0.4) is 0 Å². The molecule has 0 aliphatic rings. The SMILES string of the molecule is CC(C)C(NCc1ccc[nH]1)c1cccs1. The van der Waals surface area contributed by atoms with Crippen LogP contribution in [0.15, 0.2) is 35.8 Å². The first-order valence-corrected chi connectivity index (χ1v) is 6.54. The van der Waals surface area contributed by atoms with Gasteiger partial charge in [0.1, 0.15) is 0 Å². The van der Waals surface area contributed by atoms with Gasteiger partial charge in [-0.05, 0) is 29.5 Å². The minimum Gasteiger partial charge on any atom is -0.364 e. The van der Waals surface area contributed by atoms with Gasteiger partial charge >= 0.3 is 0 Å². The van der Waals surface area contributed by atoms with Crippen LogP contribution in [0.4, 0.5) is 0 Å². The molecular weight excluding hydrogens is 216 g/mol. The summed E-state index contributed by atoms with van der Waals surface area (Å²) < 4.78 is 0. The lowest BCUT2D eigenvalue weighted by Gasteiger charge is -2.20. The van der Waals surface area contributed by atoms with Crippen molar-refractivity contribution in [3.8, 4) is 0 Å². The molecule has 2 aromatic rings.